The SMILES string of the molecule is COc1cccc(S(=O)(=O)N2CCC3(CCN(C(=O)c4cc(Cl)nc(OC)c4)C3)CC2)c1. The van der Waals surface area contributed by atoms with Gasteiger partial charge in [0.1, 0.15) is 10.9 Å². The maximum Gasteiger partial charge on any atom is 0.254 e. The van der Waals surface area contributed by atoms with E-state index in [1.165, 1.54) is 18.5 Å². The van der Waals surface area contributed by atoms with Gasteiger partial charge < -0.3 is 14.4 Å². The number of amides is 1. The third-order valence-electron chi connectivity index (χ3n) is 6.41. The van der Waals surface area contributed by atoms with Crippen LogP contribution in [-0.4, -0.2) is 68.9 Å². The van der Waals surface area contributed by atoms with Crippen molar-refractivity contribution in [1.82, 2.24) is 14.2 Å². The highest BCUT2D eigenvalue weighted by molar-refractivity contribution is 7.89. The summed E-state index contributed by atoms with van der Waals surface area (Å²) in [4.78, 5) is 19.1. The Morgan fingerprint density at radius 3 is 2.47 bits per heavy atom. The van der Waals surface area contributed by atoms with E-state index in [-0.39, 0.29) is 21.4 Å². The number of benzene rings is 1. The minimum atomic E-state index is -3.59. The molecule has 1 aromatic heterocycles. The highest BCUT2D eigenvalue weighted by atomic mass is 35.5. The molecule has 0 unspecified atom stereocenters. The van der Waals surface area contributed by atoms with Crippen LogP contribution in [0.25, 0.3) is 0 Å². The van der Waals surface area contributed by atoms with Gasteiger partial charge in [-0.1, -0.05) is 17.7 Å². The van der Waals surface area contributed by atoms with Crippen molar-refractivity contribution in [2.24, 2.45) is 5.41 Å². The first-order chi connectivity index (χ1) is 15.3. The highest BCUT2D eigenvalue weighted by Crippen LogP contribution is 2.42. The lowest BCUT2D eigenvalue weighted by molar-refractivity contribution is 0.0750. The van der Waals surface area contributed by atoms with Gasteiger partial charge in [0, 0.05) is 43.9 Å². The van der Waals surface area contributed by atoms with Crippen molar-refractivity contribution in [3.63, 3.8) is 0 Å². The van der Waals surface area contributed by atoms with Gasteiger partial charge in [0.05, 0.1) is 19.1 Å². The molecular weight excluding hydrogens is 454 g/mol. The molecular formula is C22H26ClN3O5S. The zero-order valence-electron chi connectivity index (χ0n) is 18.1. The van der Waals surface area contributed by atoms with Crippen molar-refractivity contribution < 1.29 is 22.7 Å². The fourth-order valence-corrected chi connectivity index (χ4v) is 6.19. The summed E-state index contributed by atoms with van der Waals surface area (Å²) in [6.07, 6.45) is 2.27. The van der Waals surface area contributed by atoms with Gasteiger partial charge in [-0.2, -0.15) is 4.31 Å². The van der Waals surface area contributed by atoms with E-state index in [0.717, 1.165) is 6.42 Å². The summed E-state index contributed by atoms with van der Waals surface area (Å²) in [5, 5.41) is 0.206. The molecule has 1 amide bonds. The number of rotatable bonds is 5. The molecule has 2 aromatic rings. The molecule has 2 saturated heterocycles. The van der Waals surface area contributed by atoms with Crippen molar-refractivity contribution >= 4 is 27.5 Å². The fraction of sp³-hybridized carbons (Fsp3) is 0.455. The summed E-state index contributed by atoms with van der Waals surface area (Å²) in [6.45, 7) is 2.08. The number of nitrogens with zero attached hydrogens (tertiary/aromatic N) is 3. The number of likely N-dealkylation sites (tertiary alicyclic amines) is 1. The van der Waals surface area contributed by atoms with Gasteiger partial charge in [0.25, 0.3) is 5.91 Å². The molecule has 0 bridgehead atoms. The van der Waals surface area contributed by atoms with E-state index >= 15 is 0 Å². The number of sulfonamides is 1. The lowest BCUT2D eigenvalue weighted by Gasteiger charge is -2.38. The van der Waals surface area contributed by atoms with Gasteiger partial charge in [-0.05, 0) is 42.9 Å². The Kier molecular flexibility index (Phi) is 6.33. The molecule has 2 aliphatic rings. The van der Waals surface area contributed by atoms with Gasteiger partial charge in [0.15, 0.2) is 0 Å². The van der Waals surface area contributed by atoms with Crippen LogP contribution < -0.4 is 9.47 Å². The molecule has 10 heteroatoms. The van der Waals surface area contributed by atoms with E-state index < -0.39 is 10.0 Å². The number of hydrogen-bond donors (Lipinski definition) is 0. The van der Waals surface area contributed by atoms with Crippen molar-refractivity contribution in [3.05, 3.63) is 47.1 Å². The predicted molar refractivity (Wildman–Crippen MR) is 120 cm³/mol. The maximum absolute atomic E-state index is 13.1. The monoisotopic (exact) mass is 479 g/mol. The number of halogens is 1. The molecule has 0 atom stereocenters. The number of hydrogen-bond acceptors (Lipinski definition) is 6. The molecule has 0 aliphatic carbocycles. The van der Waals surface area contributed by atoms with Crippen LogP contribution in [0.4, 0.5) is 0 Å². The van der Waals surface area contributed by atoms with Crippen LogP contribution in [0, 0.1) is 5.41 Å². The second-order valence-corrected chi connectivity index (χ2v) is 10.6. The normalized spacial score (nSPS) is 18.7. The number of methoxy groups -OCH3 is 2. The largest absolute Gasteiger partial charge is 0.497 e. The molecule has 32 heavy (non-hydrogen) atoms. The summed E-state index contributed by atoms with van der Waals surface area (Å²) < 4.78 is 38.0. The predicted octanol–water partition coefficient (Wildman–Crippen LogP) is 3.07. The Bertz CT molecular complexity index is 1120. The van der Waals surface area contributed by atoms with E-state index in [4.69, 9.17) is 21.1 Å². The van der Waals surface area contributed by atoms with Gasteiger partial charge >= 0.3 is 0 Å². The second kappa shape index (κ2) is 8.88. The molecule has 4 rings (SSSR count). The third-order valence-corrected chi connectivity index (χ3v) is 8.50. The topological polar surface area (TPSA) is 89.0 Å². The number of carbonyl (C=O) groups is 1. The van der Waals surface area contributed by atoms with Crippen LogP contribution >= 0.6 is 11.6 Å². The zero-order chi connectivity index (χ0) is 22.9. The summed E-state index contributed by atoms with van der Waals surface area (Å²) in [7, 11) is -0.598. The molecule has 2 fully saturated rings. The van der Waals surface area contributed by atoms with E-state index in [1.807, 2.05) is 4.90 Å². The van der Waals surface area contributed by atoms with E-state index in [0.29, 0.717) is 56.2 Å². The molecule has 2 aliphatic heterocycles. The zero-order valence-corrected chi connectivity index (χ0v) is 19.7. The smallest absolute Gasteiger partial charge is 0.254 e. The Morgan fingerprint density at radius 2 is 1.78 bits per heavy atom. The van der Waals surface area contributed by atoms with Crippen LogP contribution in [0.3, 0.4) is 0 Å². The molecule has 0 saturated carbocycles. The van der Waals surface area contributed by atoms with Crippen molar-refractivity contribution in [2.75, 3.05) is 40.4 Å². The van der Waals surface area contributed by atoms with E-state index in [1.54, 1.807) is 36.4 Å². The van der Waals surface area contributed by atoms with Crippen LogP contribution in [0.15, 0.2) is 41.3 Å². The van der Waals surface area contributed by atoms with Gasteiger partial charge in [0.2, 0.25) is 15.9 Å². The summed E-state index contributed by atoms with van der Waals surface area (Å²) in [5.41, 5.74) is 0.369. The maximum atomic E-state index is 13.1. The quantitative estimate of drug-likeness (QED) is 0.612. The number of ether oxygens (including phenoxy) is 2. The molecule has 0 N–H and O–H groups in total. The molecule has 0 radical (unpaired) electrons. The summed E-state index contributed by atoms with van der Waals surface area (Å²) in [6, 6.07) is 9.66. The molecule has 1 spiro atoms. The fourth-order valence-electron chi connectivity index (χ4n) is 4.51. The van der Waals surface area contributed by atoms with Gasteiger partial charge in [-0.25, -0.2) is 13.4 Å². The number of carbonyl (C=O) groups excluding carboxylic acids is 1. The Morgan fingerprint density at radius 1 is 1.06 bits per heavy atom. The number of aromatic nitrogens is 1. The van der Waals surface area contributed by atoms with E-state index in [9.17, 15) is 13.2 Å². The lowest BCUT2D eigenvalue weighted by Crippen LogP contribution is -2.44. The van der Waals surface area contributed by atoms with Crippen LogP contribution in [0.2, 0.25) is 5.15 Å². The first-order valence-corrected chi connectivity index (χ1v) is 12.2. The average molecular weight is 480 g/mol. The summed E-state index contributed by atoms with van der Waals surface area (Å²) >= 11 is 6.02. The van der Waals surface area contributed by atoms with Gasteiger partial charge in [-0.3, -0.25) is 4.79 Å². The molecule has 3 heterocycles. The average Bonchev–Trinajstić information content (AvgIpc) is 3.21. The molecule has 172 valence electrons. The number of pyridine rings is 1. The van der Waals surface area contributed by atoms with Crippen molar-refractivity contribution in [1.29, 1.82) is 0 Å². The third kappa shape index (κ3) is 4.42. The second-order valence-electron chi connectivity index (χ2n) is 8.28. The lowest BCUT2D eigenvalue weighted by atomic mass is 9.78. The minimum Gasteiger partial charge on any atom is -0.497 e. The van der Waals surface area contributed by atoms with Crippen molar-refractivity contribution in [3.8, 4) is 11.6 Å². The van der Waals surface area contributed by atoms with Crippen LogP contribution in [0.1, 0.15) is 29.6 Å². The Balaban J connectivity index is 1.43. The van der Waals surface area contributed by atoms with Crippen LogP contribution in [0.5, 0.6) is 11.6 Å². The molecule has 1 aromatic carbocycles. The minimum absolute atomic E-state index is 0.0725. The van der Waals surface area contributed by atoms with Crippen LogP contribution in [-0.2, 0) is 10.0 Å². The van der Waals surface area contributed by atoms with E-state index in [2.05, 4.69) is 4.98 Å². The molecule has 8 nitrogen and oxygen atoms in total. The first-order valence-electron chi connectivity index (χ1n) is 10.4. The first kappa shape index (κ1) is 22.8. The Hall–Kier alpha value is -2.36. The van der Waals surface area contributed by atoms with Gasteiger partial charge in [-0.15, -0.1) is 0 Å². The number of piperidine rings is 1. The van der Waals surface area contributed by atoms with Crippen molar-refractivity contribution in [2.45, 2.75) is 24.2 Å². The summed E-state index contributed by atoms with van der Waals surface area (Å²) in [5.74, 6) is 0.694. The standard InChI is InChI=1S/C22H26ClN3O5S/c1-30-17-4-3-5-18(14-17)32(28,29)26-10-7-22(8-11-26)6-9-25(15-22)21(27)16-12-19(23)24-20(13-16)31-2/h3-5,12-14H,6-11,15H2,1-2H3. The Labute approximate surface area is 193 Å². The highest BCUT2D eigenvalue weighted by Gasteiger charge is 2.44.